The number of fused-ring (bicyclic) bond motifs is 7. The van der Waals surface area contributed by atoms with Crippen molar-refractivity contribution in [3.63, 3.8) is 0 Å². The first kappa shape index (κ1) is 33.8. The van der Waals surface area contributed by atoms with E-state index in [0.29, 0.717) is 17.5 Å². The SMILES string of the molecule is c1ccc(-c2ccc3nc(-c4ccc5sc6c(-c7nc(-c8ccccc8)nc(-c8ccc9c(c8)c8ccccc8n9-c8ccccc8)n7)cccc6c5c4)sc3c2)cc1. The number of rotatable bonds is 6. The molecule has 0 amide bonds. The van der Waals surface area contributed by atoms with E-state index in [9.17, 15) is 0 Å². The van der Waals surface area contributed by atoms with Crippen LogP contribution in [-0.4, -0.2) is 24.5 Å². The lowest BCUT2D eigenvalue weighted by Crippen LogP contribution is -2.00. The van der Waals surface area contributed by atoms with Crippen LogP contribution < -0.4 is 0 Å². The average Bonchev–Trinajstić information content (AvgIpc) is 4.01. The lowest BCUT2D eigenvalue weighted by molar-refractivity contribution is 1.08. The Labute approximate surface area is 347 Å². The highest BCUT2D eigenvalue weighted by Gasteiger charge is 2.19. The van der Waals surface area contributed by atoms with Gasteiger partial charge in [-0.15, -0.1) is 22.7 Å². The van der Waals surface area contributed by atoms with Crippen LogP contribution >= 0.6 is 22.7 Å². The summed E-state index contributed by atoms with van der Waals surface area (Å²) in [6.07, 6.45) is 0. The second-order valence-electron chi connectivity index (χ2n) is 14.7. The zero-order valence-electron chi connectivity index (χ0n) is 31.5. The van der Waals surface area contributed by atoms with Crippen LogP contribution in [0.5, 0.6) is 0 Å². The largest absolute Gasteiger partial charge is 0.309 e. The second kappa shape index (κ2) is 13.7. The Bertz CT molecular complexity index is 3550. The first-order valence-corrected chi connectivity index (χ1v) is 21.2. The number of thiophene rings is 1. The fraction of sp³-hybridized carbons (Fsp3) is 0. The van der Waals surface area contributed by atoms with Crippen molar-refractivity contribution in [2.24, 2.45) is 0 Å². The summed E-state index contributed by atoms with van der Waals surface area (Å²) in [5, 5.41) is 5.72. The van der Waals surface area contributed by atoms with E-state index in [1.807, 2.05) is 18.2 Å². The molecule has 4 aromatic heterocycles. The lowest BCUT2D eigenvalue weighted by Gasteiger charge is -2.10. The lowest BCUT2D eigenvalue weighted by atomic mass is 10.1. The van der Waals surface area contributed by atoms with Crippen molar-refractivity contribution in [1.82, 2.24) is 24.5 Å². The predicted molar refractivity (Wildman–Crippen MR) is 247 cm³/mol. The first-order valence-electron chi connectivity index (χ1n) is 19.5. The van der Waals surface area contributed by atoms with Gasteiger partial charge in [-0.1, -0.05) is 121 Å². The highest BCUT2D eigenvalue weighted by molar-refractivity contribution is 7.26. The standard InChI is InChI=1S/C52H31N5S2/c1-4-13-32(14-5-1)34-23-26-43-47(31-34)59-52(53-43)36-25-28-46-42(30-36)39-20-12-21-40(48(39)58-46)51-55-49(33-15-6-2-7-16-33)54-50(56-51)35-24-27-45-41(29-35)38-19-10-11-22-44(38)57(45)37-17-8-3-9-18-37/h1-31H. The molecule has 4 heterocycles. The van der Waals surface area contributed by atoms with E-state index in [2.05, 4.69) is 174 Å². The normalized spacial score (nSPS) is 11.7. The van der Waals surface area contributed by atoms with Crippen LogP contribution in [0.3, 0.4) is 0 Å². The van der Waals surface area contributed by atoms with Crippen LogP contribution in [0.25, 0.3) is 114 Å². The molecule has 0 radical (unpaired) electrons. The van der Waals surface area contributed by atoms with Crippen LogP contribution in [-0.2, 0) is 0 Å². The number of nitrogens with zero attached hydrogens (tertiary/aromatic N) is 5. The molecule has 0 aliphatic heterocycles. The Hall–Kier alpha value is -7.32. The maximum atomic E-state index is 5.26. The quantitative estimate of drug-likeness (QED) is 0.168. The van der Waals surface area contributed by atoms with E-state index in [-0.39, 0.29) is 0 Å². The molecule has 12 aromatic rings. The number of para-hydroxylation sites is 2. The Kier molecular flexibility index (Phi) is 7.82. The number of benzene rings is 8. The minimum Gasteiger partial charge on any atom is -0.309 e. The molecule has 12 rings (SSSR count). The molecule has 0 atom stereocenters. The van der Waals surface area contributed by atoms with E-state index >= 15 is 0 Å². The average molecular weight is 790 g/mol. The summed E-state index contributed by atoms with van der Waals surface area (Å²) >= 11 is 3.52. The molecular weight excluding hydrogens is 759 g/mol. The third-order valence-corrected chi connectivity index (χ3v) is 13.4. The van der Waals surface area contributed by atoms with Gasteiger partial charge in [0.15, 0.2) is 17.5 Å². The van der Waals surface area contributed by atoms with Gasteiger partial charge in [0.1, 0.15) is 5.01 Å². The Morgan fingerprint density at radius 1 is 0.356 bits per heavy atom. The number of hydrogen-bond acceptors (Lipinski definition) is 6. The fourth-order valence-corrected chi connectivity index (χ4v) is 10.5. The molecular formula is C52H31N5S2. The zero-order valence-corrected chi connectivity index (χ0v) is 33.1. The van der Waals surface area contributed by atoms with E-state index in [1.54, 1.807) is 22.7 Å². The molecule has 7 heteroatoms. The molecule has 59 heavy (non-hydrogen) atoms. The highest BCUT2D eigenvalue weighted by atomic mass is 32.1. The van der Waals surface area contributed by atoms with Crippen molar-refractivity contribution in [2.75, 3.05) is 0 Å². The molecule has 0 saturated heterocycles. The molecule has 0 bridgehead atoms. The van der Waals surface area contributed by atoms with Crippen molar-refractivity contribution in [1.29, 1.82) is 0 Å². The summed E-state index contributed by atoms with van der Waals surface area (Å²) in [5.74, 6) is 1.93. The molecule has 276 valence electrons. The predicted octanol–water partition coefficient (Wildman–Crippen LogP) is 14.3. The van der Waals surface area contributed by atoms with Crippen molar-refractivity contribution in [2.45, 2.75) is 0 Å². The zero-order chi connectivity index (χ0) is 38.9. The smallest absolute Gasteiger partial charge is 0.165 e. The summed E-state index contributed by atoms with van der Waals surface area (Å²) in [5.41, 5.74) is 10.8. The molecule has 0 spiro atoms. The summed E-state index contributed by atoms with van der Waals surface area (Å²) in [4.78, 5) is 20.6. The van der Waals surface area contributed by atoms with E-state index in [1.165, 1.54) is 36.7 Å². The molecule has 8 aromatic carbocycles. The number of aromatic nitrogens is 5. The van der Waals surface area contributed by atoms with Gasteiger partial charge in [-0.05, 0) is 77.9 Å². The molecule has 0 aliphatic rings. The van der Waals surface area contributed by atoms with Gasteiger partial charge in [0.25, 0.3) is 0 Å². The van der Waals surface area contributed by atoms with Crippen molar-refractivity contribution in [3.05, 3.63) is 188 Å². The van der Waals surface area contributed by atoms with Gasteiger partial charge >= 0.3 is 0 Å². The van der Waals surface area contributed by atoms with Crippen LogP contribution in [0.15, 0.2) is 188 Å². The molecule has 5 nitrogen and oxygen atoms in total. The Morgan fingerprint density at radius 2 is 1.00 bits per heavy atom. The molecule has 0 aliphatic carbocycles. The number of hydrogen-bond donors (Lipinski definition) is 0. The van der Waals surface area contributed by atoms with Gasteiger partial charge in [-0.25, -0.2) is 19.9 Å². The summed E-state index contributed by atoms with van der Waals surface area (Å²) in [6.45, 7) is 0. The van der Waals surface area contributed by atoms with Crippen molar-refractivity contribution < 1.29 is 0 Å². The number of thiazole rings is 1. The van der Waals surface area contributed by atoms with Gasteiger partial charge in [0.2, 0.25) is 0 Å². The highest BCUT2D eigenvalue weighted by Crippen LogP contribution is 2.43. The van der Waals surface area contributed by atoms with Gasteiger partial charge in [0.05, 0.1) is 21.3 Å². The van der Waals surface area contributed by atoms with Crippen LogP contribution in [0.2, 0.25) is 0 Å². The van der Waals surface area contributed by atoms with Crippen LogP contribution in [0.1, 0.15) is 0 Å². The molecule has 0 saturated carbocycles. The van der Waals surface area contributed by atoms with Gasteiger partial charge < -0.3 is 4.57 Å². The fourth-order valence-electron chi connectivity index (χ4n) is 8.27. The van der Waals surface area contributed by atoms with E-state index < -0.39 is 0 Å². The van der Waals surface area contributed by atoms with E-state index in [0.717, 1.165) is 59.6 Å². The van der Waals surface area contributed by atoms with Gasteiger partial charge in [-0.2, -0.15) is 0 Å². The summed E-state index contributed by atoms with van der Waals surface area (Å²) in [6, 6.07) is 66.2. The second-order valence-corrected chi connectivity index (χ2v) is 16.7. The molecule has 0 fully saturated rings. The summed E-state index contributed by atoms with van der Waals surface area (Å²) < 4.78 is 5.87. The summed E-state index contributed by atoms with van der Waals surface area (Å²) in [7, 11) is 0. The topological polar surface area (TPSA) is 56.5 Å². The maximum Gasteiger partial charge on any atom is 0.165 e. The van der Waals surface area contributed by atoms with Gasteiger partial charge in [0, 0.05) is 58.9 Å². The minimum absolute atomic E-state index is 0.638. The van der Waals surface area contributed by atoms with Crippen molar-refractivity contribution in [3.8, 4) is 61.5 Å². The third kappa shape index (κ3) is 5.74. The first-order chi connectivity index (χ1) is 29.2. The maximum absolute atomic E-state index is 5.26. The van der Waals surface area contributed by atoms with Crippen LogP contribution in [0.4, 0.5) is 0 Å². The minimum atomic E-state index is 0.638. The van der Waals surface area contributed by atoms with Gasteiger partial charge in [-0.3, -0.25) is 0 Å². The third-order valence-electron chi connectivity index (χ3n) is 11.1. The Balaban J connectivity index is 0.991. The molecule has 0 N–H and O–H groups in total. The van der Waals surface area contributed by atoms with E-state index in [4.69, 9.17) is 19.9 Å². The van der Waals surface area contributed by atoms with Crippen LogP contribution in [0, 0.1) is 0 Å². The van der Waals surface area contributed by atoms with Crippen molar-refractivity contribution >= 4 is 74.9 Å². The Morgan fingerprint density at radius 3 is 1.83 bits per heavy atom. The monoisotopic (exact) mass is 789 g/mol. The molecule has 0 unspecified atom stereocenters.